The van der Waals surface area contributed by atoms with Gasteiger partial charge in [0, 0.05) is 117 Å². The largest absolute Gasteiger partial charge is 0.493 e. The number of hydrogen-bond acceptors (Lipinski definition) is 22. The summed E-state index contributed by atoms with van der Waals surface area (Å²) in [7, 11) is 3.01. The van der Waals surface area contributed by atoms with Gasteiger partial charge < -0.3 is 64.7 Å². The molecule has 0 bridgehead atoms. The highest BCUT2D eigenvalue weighted by Gasteiger charge is 2.24. The van der Waals surface area contributed by atoms with Gasteiger partial charge in [-0.3, -0.25) is 71.9 Å². The Balaban J connectivity index is 0.000000238. The van der Waals surface area contributed by atoms with Crippen molar-refractivity contribution in [2.24, 2.45) is 28.7 Å². The zero-order chi connectivity index (χ0) is 89.9. The molecule has 0 saturated heterocycles. The second kappa shape index (κ2) is 52.3. The maximum Gasteiger partial charge on any atom is 0.252 e. The number of halogens is 4. The number of hydrogen-bond donors (Lipinski definition) is 10. The maximum atomic E-state index is 13.7. The van der Waals surface area contributed by atoms with Crippen LogP contribution in [0.25, 0.3) is 0 Å². The Bertz CT molecular complexity index is 5230. The number of primary amides is 5. The monoisotopic (exact) mass is 1800 g/mol. The molecule has 0 radical (unpaired) electrons. The van der Waals surface area contributed by atoms with E-state index in [1.165, 1.54) is 56.7 Å². The Morgan fingerprint density at radius 3 is 0.846 bits per heavy atom. The summed E-state index contributed by atoms with van der Waals surface area (Å²) in [5, 5.41) is 12.4. The molecule has 27 nitrogen and oxygen atoms in total. The van der Waals surface area contributed by atoms with Crippen molar-refractivity contribution in [2.75, 3.05) is 46.9 Å². The van der Waals surface area contributed by atoms with E-state index in [0.717, 1.165) is 58.8 Å². The van der Waals surface area contributed by atoms with Crippen molar-refractivity contribution >= 4 is 167 Å². The Morgan fingerprint density at radius 1 is 0.293 bits per heavy atom. The average molecular weight is 1810 g/mol. The van der Waals surface area contributed by atoms with Gasteiger partial charge in [0.1, 0.15) is 11.6 Å². The van der Waals surface area contributed by atoms with Gasteiger partial charge in [-0.25, -0.2) is 8.78 Å². The fourth-order valence-corrected chi connectivity index (χ4v) is 14.7. The van der Waals surface area contributed by atoms with E-state index < -0.39 is 58.1 Å². The lowest BCUT2D eigenvalue weighted by Crippen LogP contribution is -2.28. The molecule has 0 spiro atoms. The van der Waals surface area contributed by atoms with Crippen LogP contribution in [0.1, 0.15) is 136 Å². The van der Waals surface area contributed by atoms with Crippen molar-refractivity contribution in [3.63, 3.8) is 0 Å². The molecule has 0 saturated carbocycles. The lowest BCUT2D eigenvalue weighted by molar-refractivity contribution is -0.118. The lowest BCUT2D eigenvalue weighted by atomic mass is 10.2. The molecule has 0 aliphatic heterocycles. The molecule has 0 aliphatic carbocycles. The number of methoxy groups -OCH3 is 2. The Kier molecular flexibility index (Phi) is 42.0. The zero-order valence-corrected chi connectivity index (χ0v) is 71.1. The van der Waals surface area contributed by atoms with Crippen LogP contribution in [0.2, 0.25) is 10.0 Å². The molecule has 0 heterocycles. The fraction of sp³-hybridized carbons (Fsp3) is 0.138. The van der Waals surface area contributed by atoms with Gasteiger partial charge in [0.25, 0.3) is 29.5 Å². The predicted octanol–water partition coefficient (Wildman–Crippen LogP) is 12.7. The number of carbonyl (C=O) groups excluding carboxylic acids is 15. The Morgan fingerprint density at radius 2 is 0.545 bits per heavy atom. The van der Waals surface area contributed by atoms with E-state index in [4.69, 9.17) is 61.3 Å². The molecule has 15 N–H and O–H groups in total. The third-order valence-corrected chi connectivity index (χ3v) is 21.5. The van der Waals surface area contributed by atoms with E-state index in [-0.39, 0.29) is 114 Å². The number of benzene rings is 10. The first kappa shape index (κ1) is 98.9. The lowest BCUT2D eigenvalue weighted by Gasteiger charge is -2.11. The third kappa shape index (κ3) is 34.2. The van der Waals surface area contributed by atoms with Gasteiger partial charge in [0.2, 0.25) is 55.1 Å². The molecule has 36 heteroatoms. The van der Waals surface area contributed by atoms with E-state index in [9.17, 15) is 80.7 Å². The molecule has 10 rings (SSSR count). The summed E-state index contributed by atoms with van der Waals surface area (Å²) in [6, 6.07) is 62.3. The molecular formula is C87H80Cl2F2N10O17S5. The second-order valence-corrected chi connectivity index (χ2v) is 30.8. The summed E-state index contributed by atoms with van der Waals surface area (Å²) < 4.78 is 37.0. The number of ether oxygens (including phenoxy) is 2. The van der Waals surface area contributed by atoms with Crippen molar-refractivity contribution in [1.29, 1.82) is 0 Å². The highest BCUT2D eigenvalue weighted by Crippen LogP contribution is 2.35. The number of nitrogens with one attached hydrogen (secondary N) is 5. The van der Waals surface area contributed by atoms with Crippen molar-refractivity contribution in [2.45, 2.75) is 56.6 Å². The fourth-order valence-electron chi connectivity index (χ4n) is 9.86. The Labute approximate surface area is 735 Å². The standard InChI is InChI=1S/C19H20N2O5S.2C17H15ClN2O3S.2C17H15FN2O3S/c1-25-14-8-7-12(11-15(14)26-2)19(24)27-16-6-4-3-5-13(16)18(23)21-10-9-17(20)22;18-13-7-3-1-5-11(13)17(23)24-14-8-4-2-6-12(14)16(22)20-10-9-15(19)21;18-12-7-5-11(6-8-12)17(23)24-14-4-2-1-3-13(14)16(22)20-10-9-15(19)21;18-13-7-3-1-5-11(13)17(23)24-14-8-4-2-6-12(14)16(22)20-10-9-15(19)21;18-12-7-5-11(6-8-12)17(23)24-14-4-2-1-3-13(14)16(22)20-10-9-15(19)21/h3-8,11H,9-10H2,1-2H3,(H2,20,22)(H,21,23);4*1-8H,9-10H2,(H2,19,21)(H,20,22). The minimum Gasteiger partial charge on any atom is -0.493 e. The van der Waals surface area contributed by atoms with E-state index >= 15 is 0 Å². The van der Waals surface area contributed by atoms with Gasteiger partial charge >= 0.3 is 0 Å². The van der Waals surface area contributed by atoms with Crippen LogP contribution in [0.5, 0.6) is 11.5 Å². The minimum atomic E-state index is -0.613. The van der Waals surface area contributed by atoms with Crippen LogP contribution in [0.15, 0.2) is 261 Å². The topological polar surface area (TPSA) is 465 Å². The van der Waals surface area contributed by atoms with Crippen molar-refractivity contribution in [3.8, 4) is 11.5 Å². The zero-order valence-electron chi connectivity index (χ0n) is 65.5. The van der Waals surface area contributed by atoms with Gasteiger partial charge in [0.15, 0.2) is 11.5 Å². The maximum absolute atomic E-state index is 13.7. The van der Waals surface area contributed by atoms with Crippen molar-refractivity contribution in [3.05, 3.63) is 314 Å². The highest BCUT2D eigenvalue weighted by molar-refractivity contribution is 8.15. The molecule has 0 aromatic heterocycles. The number of nitrogens with two attached hydrogens (primary N) is 5. The quantitative estimate of drug-likeness (QED) is 0.0175. The highest BCUT2D eigenvalue weighted by atomic mass is 35.5. The second-order valence-electron chi connectivity index (χ2n) is 24.8. The normalized spacial score (nSPS) is 10.2. The molecule has 123 heavy (non-hydrogen) atoms. The predicted molar refractivity (Wildman–Crippen MR) is 469 cm³/mol. The smallest absolute Gasteiger partial charge is 0.252 e. The summed E-state index contributed by atoms with van der Waals surface area (Å²) in [4.78, 5) is 179. The van der Waals surface area contributed by atoms with Gasteiger partial charge in [-0.05, 0) is 210 Å². The SMILES string of the molecule is COc1ccc(C(=O)Sc2ccccc2C(=O)NCCC(N)=O)cc1OC.NC(=O)CCNC(=O)c1ccccc1SC(=O)c1ccc(Cl)cc1.NC(=O)CCNC(=O)c1ccccc1SC(=O)c1ccc(F)cc1.NC(=O)CCNC(=O)c1ccccc1SC(=O)c1ccccc1Cl.NC(=O)CCNC(=O)c1ccccc1SC(=O)c1ccccc1F. The van der Waals surface area contributed by atoms with Crippen LogP contribution in [-0.4, -0.2) is 132 Å². The van der Waals surface area contributed by atoms with E-state index in [1.807, 2.05) is 0 Å². The molecule has 10 aromatic carbocycles. The van der Waals surface area contributed by atoms with Gasteiger partial charge in [-0.1, -0.05) is 108 Å². The number of carbonyl (C=O) groups is 15. The minimum absolute atomic E-state index is 0.0230. The van der Waals surface area contributed by atoms with Crippen LogP contribution in [0.4, 0.5) is 8.78 Å². The van der Waals surface area contributed by atoms with Crippen LogP contribution in [-0.2, 0) is 24.0 Å². The first-order valence-electron chi connectivity index (χ1n) is 36.5. The molecule has 0 aliphatic rings. The summed E-state index contributed by atoms with van der Waals surface area (Å²) in [6.45, 7) is 0.661. The van der Waals surface area contributed by atoms with Crippen LogP contribution in [0, 0.1) is 11.6 Å². The number of thioether (sulfide) groups is 5. The molecule has 0 fully saturated rings. The van der Waals surface area contributed by atoms with Gasteiger partial charge in [0.05, 0.1) is 52.6 Å². The summed E-state index contributed by atoms with van der Waals surface area (Å²) in [6.07, 6.45) is 0.223. The van der Waals surface area contributed by atoms with Gasteiger partial charge in [-0.15, -0.1) is 0 Å². The molecular weight excluding hydrogens is 1730 g/mol. The molecule has 0 unspecified atom stereocenters. The summed E-state index contributed by atoms with van der Waals surface area (Å²) in [5.41, 5.74) is 28.4. The van der Waals surface area contributed by atoms with Crippen molar-refractivity contribution < 1.29 is 90.2 Å². The van der Waals surface area contributed by atoms with E-state index in [1.54, 1.807) is 194 Å². The summed E-state index contributed by atoms with van der Waals surface area (Å²) >= 11 is 16.3. The van der Waals surface area contributed by atoms with Gasteiger partial charge in [-0.2, -0.15) is 0 Å². The first-order valence-corrected chi connectivity index (χ1v) is 41.3. The Hall–Kier alpha value is -13.0. The molecule has 638 valence electrons. The third-order valence-electron chi connectivity index (χ3n) is 15.9. The number of rotatable bonds is 32. The van der Waals surface area contributed by atoms with Crippen LogP contribution >= 0.6 is 82.0 Å². The molecule has 10 aromatic rings. The number of amides is 10. The average Bonchev–Trinajstić information content (AvgIpc) is 0.850. The summed E-state index contributed by atoms with van der Waals surface area (Å²) in [5.74, 6) is -4.51. The van der Waals surface area contributed by atoms with E-state index in [0.29, 0.717) is 90.5 Å². The van der Waals surface area contributed by atoms with Crippen LogP contribution < -0.4 is 64.7 Å². The first-order chi connectivity index (χ1) is 58.9. The molecule has 10 amide bonds. The van der Waals surface area contributed by atoms with Crippen LogP contribution in [0.3, 0.4) is 0 Å². The molecule has 0 atom stereocenters. The van der Waals surface area contributed by atoms with E-state index in [2.05, 4.69) is 26.6 Å². The van der Waals surface area contributed by atoms with Crippen molar-refractivity contribution in [1.82, 2.24) is 26.6 Å².